The number of nitrogens with zero attached hydrogens (tertiary/aromatic N) is 1. The van der Waals surface area contributed by atoms with E-state index in [9.17, 15) is 18.0 Å². The van der Waals surface area contributed by atoms with E-state index in [0.717, 1.165) is 29.4 Å². The van der Waals surface area contributed by atoms with E-state index in [-0.39, 0.29) is 16.8 Å². The molecule has 2 aromatic rings. The molecule has 2 aromatic carbocycles. The fourth-order valence-corrected chi connectivity index (χ4v) is 3.01. The molecule has 0 radical (unpaired) electrons. The number of alkyl halides is 3. The third-order valence-electron chi connectivity index (χ3n) is 3.96. The minimum Gasteiger partial charge on any atom is -0.306 e. The van der Waals surface area contributed by atoms with Gasteiger partial charge in [-0.05, 0) is 43.2 Å². The Kier molecular flexibility index (Phi) is 4.17. The van der Waals surface area contributed by atoms with Gasteiger partial charge in [-0.25, -0.2) is 4.79 Å². The summed E-state index contributed by atoms with van der Waals surface area (Å²) >= 11 is 5.93. The van der Waals surface area contributed by atoms with Gasteiger partial charge in [-0.1, -0.05) is 29.8 Å². The molecule has 1 atom stereocenters. The topological polar surface area (TPSA) is 32.3 Å². The van der Waals surface area contributed by atoms with Gasteiger partial charge in [0.15, 0.2) is 0 Å². The summed E-state index contributed by atoms with van der Waals surface area (Å²) in [4.78, 5) is 14.1. The van der Waals surface area contributed by atoms with Crippen molar-refractivity contribution >= 4 is 29.0 Å². The lowest BCUT2D eigenvalue weighted by molar-refractivity contribution is -0.137. The van der Waals surface area contributed by atoms with Crippen LogP contribution < -0.4 is 10.2 Å². The van der Waals surface area contributed by atoms with Crippen LogP contribution >= 0.6 is 11.6 Å². The second kappa shape index (κ2) is 6.02. The molecule has 0 saturated carbocycles. The number of carbonyl (C=O) groups is 1. The Morgan fingerprint density at radius 3 is 2.67 bits per heavy atom. The SMILES string of the molecule is C[C@H]1Cc2ccccc2N1C(=O)Nc1cc(C(F)(F)F)ccc1Cl. The van der Waals surface area contributed by atoms with Crippen LogP contribution in [0.3, 0.4) is 0 Å². The fraction of sp³-hybridized carbons (Fsp3) is 0.235. The number of hydrogen-bond donors (Lipinski definition) is 1. The van der Waals surface area contributed by atoms with E-state index in [1.54, 1.807) is 0 Å². The van der Waals surface area contributed by atoms with E-state index < -0.39 is 17.8 Å². The quantitative estimate of drug-likeness (QED) is 0.736. The molecule has 1 heterocycles. The smallest absolute Gasteiger partial charge is 0.306 e. The van der Waals surface area contributed by atoms with E-state index in [1.807, 2.05) is 31.2 Å². The summed E-state index contributed by atoms with van der Waals surface area (Å²) < 4.78 is 38.5. The molecule has 0 bridgehead atoms. The van der Waals surface area contributed by atoms with Crippen LogP contribution in [0.1, 0.15) is 18.1 Å². The second-order valence-corrected chi connectivity index (χ2v) is 6.08. The van der Waals surface area contributed by atoms with Gasteiger partial charge in [-0.2, -0.15) is 13.2 Å². The normalized spacial score (nSPS) is 16.9. The van der Waals surface area contributed by atoms with Gasteiger partial charge >= 0.3 is 12.2 Å². The van der Waals surface area contributed by atoms with Crippen molar-refractivity contribution in [3.8, 4) is 0 Å². The average molecular weight is 355 g/mol. The molecule has 2 amide bonds. The van der Waals surface area contributed by atoms with Crippen LogP contribution in [-0.4, -0.2) is 12.1 Å². The zero-order valence-electron chi connectivity index (χ0n) is 12.7. The Morgan fingerprint density at radius 2 is 1.96 bits per heavy atom. The minimum absolute atomic E-state index is 0.0523. The minimum atomic E-state index is -4.50. The monoisotopic (exact) mass is 354 g/mol. The molecule has 126 valence electrons. The molecule has 0 unspecified atom stereocenters. The van der Waals surface area contributed by atoms with Crippen molar-refractivity contribution in [2.45, 2.75) is 25.6 Å². The molecule has 1 N–H and O–H groups in total. The van der Waals surface area contributed by atoms with Crippen molar-refractivity contribution in [2.75, 3.05) is 10.2 Å². The maximum absolute atomic E-state index is 12.8. The Hall–Kier alpha value is -2.21. The number of halogens is 4. The number of para-hydroxylation sites is 1. The Labute approximate surface area is 142 Å². The van der Waals surface area contributed by atoms with Gasteiger partial charge in [0, 0.05) is 11.7 Å². The van der Waals surface area contributed by atoms with Gasteiger partial charge in [0.2, 0.25) is 0 Å². The predicted octanol–water partition coefficient (Wildman–Crippen LogP) is 5.34. The number of nitrogens with one attached hydrogen (secondary N) is 1. The molecule has 0 fully saturated rings. The number of anilines is 2. The third-order valence-corrected chi connectivity index (χ3v) is 4.29. The zero-order chi connectivity index (χ0) is 17.5. The van der Waals surface area contributed by atoms with Crippen LogP contribution in [-0.2, 0) is 12.6 Å². The highest BCUT2D eigenvalue weighted by molar-refractivity contribution is 6.33. The molecular formula is C17H14ClF3N2O. The average Bonchev–Trinajstić information content (AvgIpc) is 2.84. The maximum Gasteiger partial charge on any atom is 0.416 e. The number of hydrogen-bond acceptors (Lipinski definition) is 1. The zero-order valence-corrected chi connectivity index (χ0v) is 13.4. The first-order valence-electron chi connectivity index (χ1n) is 7.32. The van der Waals surface area contributed by atoms with E-state index in [4.69, 9.17) is 11.6 Å². The standard InChI is InChI=1S/C17H14ClF3N2O/c1-10-8-11-4-2-3-5-15(11)23(10)16(24)22-14-9-12(17(19,20)21)6-7-13(14)18/h2-7,9-10H,8H2,1H3,(H,22,24)/t10-/m0/s1. The van der Waals surface area contributed by atoms with Crippen molar-refractivity contribution in [3.63, 3.8) is 0 Å². The van der Waals surface area contributed by atoms with Gasteiger partial charge < -0.3 is 5.32 Å². The first-order chi connectivity index (χ1) is 11.3. The molecule has 0 saturated heterocycles. The molecule has 1 aliphatic heterocycles. The lowest BCUT2D eigenvalue weighted by Crippen LogP contribution is -2.39. The van der Waals surface area contributed by atoms with Gasteiger partial charge in [0.05, 0.1) is 16.3 Å². The van der Waals surface area contributed by atoms with Crippen molar-refractivity contribution < 1.29 is 18.0 Å². The number of fused-ring (bicyclic) bond motifs is 1. The molecule has 3 nitrogen and oxygen atoms in total. The number of benzene rings is 2. The van der Waals surface area contributed by atoms with Gasteiger partial charge in [0.1, 0.15) is 0 Å². The van der Waals surface area contributed by atoms with Crippen molar-refractivity contribution in [1.82, 2.24) is 0 Å². The van der Waals surface area contributed by atoms with Crippen molar-refractivity contribution in [2.24, 2.45) is 0 Å². The molecule has 1 aliphatic rings. The van der Waals surface area contributed by atoms with E-state index >= 15 is 0 Å². The molecule has 24 heavy (non-hydrogen) atoms. The third kappa shape index (κ3) is 3.06. The summed E-state index contributed by atoms with van der Waals surface area (Å²) in [5, 5.41) is 2.54. The van der Waals surface area contributed by atoms with E-state index in [1.165, 1.54) is 4.90 Å². The summed E-state index contributed by atoms with van der Waals surface area (Å²) in [6.07, 6.45) is -3.81. The summed E-state index contributed by atoms with van der Waals surface area (Å²) in [7, 11) is 0. The van der Waals surface area contributed by atoms with Crippen LogP contribution in [0.2, 0.25) is 5.02 Å². The Balaban J connectivity index is 1.88. The summed E-state index contributed by atoms with van der Waals surface area (Å²) in [5.74, 6) is 0. The van der Waals surface area contributed by atoms with Crippen molar-refractivity contribution in [3.05, 3.63) is 58.6 Å². The van der Waals surface area contributed by atoms with Crippen LogP contribution in [0.4, 0.5) is 29.3 Å². The summed E-state index contributed by atoms with van der Waals surface area (Å²) in [6.45, 7) is 1.88. The first kappa shape index (κ1) is 16.6. The Bertz CT molecular complexity index is 792. The lowest BCUT2D eigenvalue weighted by Gasteiger charge is -2.23. The first-order valence-corrected chi connectivity index (χ1v) is 7.70. The fourth-order valence-electron chi connectivity index (χ4n) is 2.85. The highest BCUT2D eigenvalue weighted by Gasteiger charge is 2.33. The van der Waals surface area contributed by atoms with Crippen LogP contribution in [0.25, 0.3) is 0 Å². The summed E-state index contributed by atoms with van der Waals surface area (Å²) in [5.41, 5.74) is 0.853. The number of urea groups is 1. The molecular weight excluding hydrogens is 341 g/mol. The Morgan fingerprint density at radius 1 is 1.25 bits per heavy atom. The molecule has 0 aromatic heterocycles. The predicted molar refractivity (Wildman–Crippen MR) is 87.6 cm³/mol. The van der Waals surface area contributed by atoms with Gasteiger partial charge in [0.25, 0.3) is 0 Å². The number of rotatable bonds is 1. The van der Waals surface area contributed by atoms with E-state index in [2.05, 4.69) is 5.32 Å². The molecule has 7 heteroatoms. The maximum atomic E-state index is 12.8. The molecule has 0 aliphatic carbocycles. The van der Waals surface area contributed by atoms with Crippen LogP contribution in [0, 0.1) is 0 Å². The highest BCUT2D eigenvalue weighted by Crippen LogP contribution is 2.35. The van der Waals surface area contributed by atoms with Crippen LogP contribution in [0.5, 0.6) is 0 Å². The molecule has 0 spiro atoms. The highest BCUT2D eigenvalue weighted by atomic mass is 35.5. The van der Waals surface area contributed by atoms with Gasteiger partial charge in [-0.3, -0.25) is 4.90 Å². The van der Waals surface area contributed by atoms with Crippen LogP contribution in [0.15, 0.2) is 42.5 Å². The number of amides is 2. The van der Waals surface area contributed by atoms with Crippen molar-refractivity contribution in [1.29, 1.82) is 0 Å². The van der Waals surface area contributed by atoms with Gasteiger partial charge in [-0.15, -0.1) is 0 Å². The molecule has 3 rings (SSSR count). The second-order valence-electron chi connectivity index (χ2n) is 5.67. The summed E-state index contributed by atoms with van der Waals surface area (Å²) in [6, 6.07) is 9.69. The van der Waals surface area contributed by atoms with E-state index in [0.29, 0.717) is 6.42 Å². The number of carbonyl (C=O) groups excluding carboxylic acids is 1. The largest absolute Gasteiger partial charge is 0.416 e. The lowest BCUT2D eigenvalue weighted by atomic mass is 10.1.